The summed E-state index contributed by atoms with van der Waals surface area (Å²) < 4.78 is 15.0. The van der Waals surface area contributed by atoms with Crippen LogP contribution in [0.5, 0.6) is 0 Å². The summed E-state index contributed by atoms with van der Waals surface area (Å²) in [7, 11) is 0. The van der Waals surface area contributed by atoms with Crippen molar-refractivity contribution >= 4 is 28.5 Å². The summed E-state index contributed by atoms with van der Waals surface area (Å²) in [5.41, 5.74) is 2.86. The average molecular weight is 380 g/mol. The molecule has 3 aromatic rings. The van der Waals surface area contributed by atoms with E-state index in [1.54, 1.807) is 12.1 Å². The molecule has 0 aliphatic heterocycles. The lowest BCUT2D eigenvalue weighted by atomic mass is 9.73. The summed E-state index contributed by atoms with van der Waals surface area (Å²) in [6.45, 7) is 1.84. The van der Waals surface area contributed by atoms with Crippen molar-refractivity contribution in [2.24, 2.45) is 5.41 Å². The fourth-order valence-corrected chi connectivity index (χ4v) is 4.11. The minimum atomic E-state index is -0.883. The van der Waals surface area contributed by atoms with E-state index >= 15 is 0 Å². The molecule has 144 valence electrons. The van der Waals surface area contributed by atoms with Gasteiger partial charge in [-0.15, -0.1) is 0 Å². The number of aromatic nitrogens is 1. The summed E-state index contributed by atoms with van der Waals surface area (Å²) in [6, 6.07) is 13.5. The molecule has 0 radical (unpaired) electrons. The van der Waals surface area contributed by atoms with Gasteiger partial charge in [0.15, 0.2) is 0 Å². The normalized spacial score (nSPS) is 18.6. The second-order valence-electron chi connectivity index (χ2n) is 7.62. The number of halogens is 1. The Balaban J connectivity index is 1.67. The molecule has 28 heavy (non-hydrogen) atoms. The zero-order valence-corrected chi connectivity index (χ0v) is 15.5. The fourth-order valence-electron chi connectivity index (χ4n) is 4.11. The van der Waals surface area contributed by atoms with Gasteiger partial charge in [0.25, 0.3) is 0 Å². The van der Waals surface area contributed by atoms with Gasteiger partial charge in [0.1, 0.15) is 12.4 Å². The van der Waals surface area contributed by atoms with Gasteiger partial charge in [0.2, 0.25) is 5.91 Å². The lowest BCUT2D eigenvalue weighted by molar-refractivity contribution is -0.137. The van der Waals surface area contributed by atoms with Gasteiger partial charge in [-0.2, -0.15) is 0 Å². The Morgan fingerprint density at radius 1 is 1.18 bits per heavy atom. The maximum atomic E-state index is 13.1. The highest BCUT2D eigenvalue weighted by atomic mass is 19.1. The number of para-hydroxylation sites is 1. The predicted octanol–water partition coefficient (Wildman–Crippen LogP) is 4.00. The number of carbonyl (C=O) groups excluding carboxylic acids is 1. The van der Waals surface area contributed by atoms with Gasteiger partial charge in [0, 0.05) is 22.3 Å². The van der Waals surface area contributed by atoms with Crippen LogP contribution in [0.25, 0.3) is 10.9 Å². The number of anilines is 1. The Labute approximate surface area is 161 Å². The van der Waals surface area contributed by atoms with Crippen LogP contribution in [0.1, 0.15) is 24.6 Å². The highest BCUT2D eigenvalue weighted by Crippen LogP contribution is 2.41. The summed E-state index contributed by atoms with van der Waals surface area (Å²) in [4.78, 5) is 24.3. The zero-order chi connectivity index (χ0) is 19.9. The maximum Gasteiger partial charge on any atom is 0.323 e. The number of nitrogens with one attached hydrogen (secondary N) is 1. The van der Waals surface area contributed by atoms with Crippen molar-refractivity contribution < 1.29 is 19.1 Å². The van der Waals surface area contributed by atoms with E-state index in [9.17, 15) is 19.1 Å². The van der Waals surface area contributed by atoms with Crippen molar-refractivity contribution in [3.05, 3.63) is 65.6 Å². The van der Waals surface area contributed by atoms with E-state index in [1.807, 2.05) is 35.8 Å². The van der Waals surface area contributed by atoms with Gasteiger partial charge in [0.05, 0.1) is 5.41 Å². The molecule has 1 unspecified atom stereocenters. The first-order chi connectivity index (χ1) is 13.4. The second-order valence-corrected chi connectivity index (χ2v) is 7.62. The fraction of sp³-hybridized carbons (Fsp3) is 0.273. The van der Waals surface area contributed by atoms with Crippen LogP contribution in [0.4, 0.5) is 10.1 Å². The molecule has 1 aliphatic rings. The molecule has 0 saturated carbocycles. The van der Waals surface area contributed by atoms with Crippen LogP contribution < -0.4 is 5.32 Å². The van der Waals surface area contributed by atoms with E-state index < -0.39 is 11.4 Å². The Morgan fingerprint density at radius 2 is 1.89 bits per heavy atom. The molecule has 0 saturated heterocycles. The van der Waals surface area contributed by atoms with E-state index in [0.717, 1.165) is 22.2 Å². The van der Waals surface area contributed by atoms with Gasteiger partial charge >= 0.3 is 5.97 Å². The van der Waals surface area contributed by atoms with Crippen molar-refractivity contribution in [2.45, 2.75) is 32.7 Å². The molecule has 0 bridgehead atoms. The number of carboxylic acids is 1. The molecule has 1 amide bonds. The summed E-state index contributed by atoms with van der Waals surface area (Å²) in [5, 5.41) is 13.2. The van der Waals surface area contributed by atoms with Crippen molar-refractivity contribution in [2.75, 3.05) is 5.32 Å². The van der Waals surface area contributed by atoms with E-state index in [-0.39, 0.29) is 18.3 Å². The molecule has 0 spiro atoms. The molecular weight excluding hydrogens is 359 g/mol. The Morgan fingerprint density at radius 3 is 2.61 bits per heavy atom. The van der Waals surface area contributed by atoms with Crippen molar-refractivity contribution in [3.8, 4) is 0 Å². The molecule has 4 rings (SSSR count). The predicted molar refractivity (Wildman–Crippen MR) is 105 cm³/mol. The minimum Gasteiger partial charge on any atom is -0.480 e. The smallest absolute Gasteiger partial charge is 0.323 e. The molecule has 1 atom stereocenters. The second kappa shape index (κ2) is 6.78. The number of carboxylic acid groups (broad SMARTS) is 1. The third-order valence-electron chi connectivity index (χ3n) is 5.62. The van der Waals surface area contributed by atoms with Crippen LogP contribution in [0, 0.1) is 11.2 Å². The molecule has 2 aromatic carbocycles. The third kappa shape index (κ3) is 3.15. The molecule has 0 fully saturated rings. The Hall–Kier alpha value is -3.15. The van der Waals surface area contributed by atoms with Crippen LogP contribution in [-0.4, -0.2) is 21.6 Å². The van der Waals surface area contributed by atoms with E-state index in [1.165, 1.54) is 12.1 Å². The first-order valence-electron chi connectivity index (χ1n) is 9.25. The monoisotopic (exact) mass is 380 g/mol. The topological polar surface area (TPSA) is 71.3 Å². The van der Waals surface area contributed by atoms with Gasteiger partial charge in [-0.05, 0) is 55.2 Å². The van der Waals surface area contributed by atoms with Gasteiger partial charge in [-0.1, -0.05) is 25.1 Å². The van der Waals surface area contributed by atoms with Crippen LogP contribution in [0.3, 0.4) is 0 Å². The molecule has 1 heterocycles. The highest BCUT2D eigenvalue weighted by Gasteiger charge is 2.39. The number of rotatable bonds is 4. The molecule has 2 N–H and O–H groups in total. The Kier molecular flexibility index (Phi) is 4.41. The molecule has 5 nitrogen and oxygen atoms in total. The number of hydrogen-bond acceptors (Lipinski definition) is 2. The zero-order valence-electron chi connectivity index (χ0n) is 15.5. The number of nitrogens with zero attached hydrogens (tertiary/aromatic N) is 1. The van der Waals surface area contributed by atoms with Crippen molar-refractivity contribution in [3.63, 3.8) is 0 Å². The number of carbonyl (C=O) groups is 2. The quantitative estimate of drug-likeness (QED) is 0.719. The lowest BCUT2D eigenvalue weighted by Crippen LogP contribution is -2.38. The molecule has 1 aromatic heterocycles. The number of fused-ring (bicyclic) bond motifs is 3. The SMILES string of the molecule is CC1(C(=O)Nc2ccc(F)cc2)CCc2c(c3ccccc3n2CC(=O)O)C1. The number of aliphatic carboxylic acids is 1. The van der Waals surface area contributed by atoms with Crippen molar-refractivity contribution in [1.82, 2.24) is 4.57 Å². The van der Waals surface area contributed by atoms with E-state index in [0.29, 0.717) is 24.9 Å². The highest BCUT2D eigenvalue weighted by molar-refractivity contribution is 5.96. The van der Waals surface area contributed by atoms with Crippen LogP contribution in [-0.2, 0) is 29.0 Å². The molecule has 6 heteroatoms. The van der Waals surface area contributed by atoms with E-state index in [4.69, 9.17) is 0 Å². The van der Waals surface area contributed by atoms with Gasteiger partial charge in [-0.3, -0.25) is 9.59 Å². The number of hydrogen-bond donors (Lipinski definition) is 2. The first-order valence-corrected chi connectivity index (χ1v) is 9.25. The molecule has 1 aliphatic carbocycles. The summed E-state index contributed by atoms with van der Waals surface area (Å²) in [5.74, 6) is -1.34. The third-order valence-corrected chi connectivity index (χ3v) is 5.62. The average Bonchev–Trinajstić information content (AvgIpc) is 2.96. The van der Waals surface area contributed by atoms with Crippen LogP contribution in [0.15, 0.2) is 48.5 Å². The largest absolute Gasteiger partial charge is 0.480 e. The molecular formula is C22H21FN2O3. The van der Waals surface area contributed by atoms with Crippen LogP contribution >= 0.6 is 0 Å². The van der Waals surface area contributed by atoms with Crippen molar-refractivity contribution in [1.29, 1.82) is 0 Å². The summed E-state index contributed by atoms with van der Waals surface area (Å²) in [6.07, 6.45) is 1.77. The van der Waals surface area contributed by atoms with Gasteiger partial charge in [-0.25, -0.2) is 4.39 Å². The van der Waals surface area contributed by atoms with E-state index in [2.05, 4.69) is 5.32 Å². The number of amides is 1. The number of benzene rings is 2. The summed E-state index contributed by atoms with van der Waals surface area (Å²) >= 11 is 0. The maximum absolute atomic E-state index is 13.1. The Bertz CT molecular complexity index is 1070. The first kappa shape index (κ1) is 18.2. The van der Waals surface area contributed by atoms with Crippen LogP contribution in [0.2, 0.25) is 0 Å². The standard InChI is InChI=1S/C22H21FN2O3/c1-22(21(28)24-15-8-6-14(23)7-9-15)11-10-19-17(12-22)16-4-2-3-5-18(16)25(19)13-20(26)27/h2-9H,10-13H2,1H3,(H,24,28)(H,26,27). The van der Waals surface area contributed by atoms with Gasteiger partial charge < -0.3 is 15.0 Å². The lowest BCUT2D eigenvalue weighted by Gasteiger charge is -2.33. The minimum absolute atomic E-state index is 0.0890.